The minimum absolute atomic E-state index is 0.0202. The molecule has 17 heavy (non-hydrogen) atoms. The van der Waals surface area contributed by atoms with Gasteiger partial charge in [-0.05, 0) is 51.5 Å². The Morgan fingerprint density at radius 3 is 2.41 bits per heavy atom. The van der Waals surface area contributed by atoms with E-state index in [-0.39, 0.29) is 6.04 Å². The van der Waals surface area contributed by atoms with Crippen LogP contribution in [0.25, 0.3) is 0 Å². The molecular weight excluding hydrogens is 210 g/mol. The summed E-state index contributed by atoms with van der Waals surface area (Å²) in [5.74, 6) is 0.899. The molecule has 0 heterocycles. The highest BCUT2D eigenvalue weighted by Gasteiger charge is 2.27. The van der Waals surface area contributed by atoms with Crippen LogP contribution in [0.15, 0.2) is 0 Å². The summed E-state index contributed by atoms with van der Waals surface area (Å²) in [4.78, 5) is 2.40. The van der Waals surface area contributed by atoms with Crippen LogP contribution in [-0.2, 0) is 0 Å². The first-order chi connectivity index (χ1) is 8.19. The van der Waals surface area contributed by atoms with Gasteiger partial charge in [-0.1, -0.05) is 6.92 Å². The van der Waals surface area contributed by atoms with Gasteiger partial charge in [0.1, 0.15) is 6.04 Å². The van der Waals surface area contributed by atoms with Crippen LogP contribution in [0.5, 0.6) is 0 Å². The van der Waals surface area contributed by atoms with Crippen molar-refractivity contribution in [3.8, 4) is 6.07 Å². The zero-order valence-corrected chi connectivity index (χ0v) is 11.2. The van der Waals surface area contributed by atoms with E-state index in [4.69, 9.17) is 5.26 Å². The molecule has 96 valence electrons. The van der Waals surface area contributed by atoms with E-state index in [0.29, 0.717) is 12.1 Å². The summed E-state index contributed by atoms with van der Waals surface area (Å²) < 4.78 is 0. The molecule has 0 saturated heterocycles. The number of hydrogen-bond donors (Lipinski definition) is 1. The number of nitrogens with zero attached hydrogens (tertiary/aromatic N) is 2. The van der Waals surface area contributed by atoms with E-state index in [9.17, 15) is 0 Å². The zero-order chi connectivity index (χ0) is 12.3. The van der Waals surface area contributed by atoms with Crippen LogP contribution in [0, 0.1) is 17.2 Å². The lowest BCUT2D eigenvalue weighted by molar-refractivity contribution is 0.163. The molecule has 0 radical (unpaired) electrons. The number of likely N-dealkylation sites (N-methyl/N-ethyl adjacent to an activating group) is 1. The van der Waals surface area contributed by atoms with Gasteiger partial charge in [0.25, 0.3) is 0 Å². The largest absolute Gasteiger partial charge is 0.301 e. The fourth-order valence-electron chi connectivity index (χ4n) is 2.79. The molecule has 0 bridgehead atoms. The van der Waals surface area contributed by atoms with E-state index in [1.807, 2.05) is 0 Å². The number of nitriles is 1. The highest BCUT2D eigenvalue weighted by atomic mass is 15.2. The van der Waals surface area contributed by atoms with Gasteiger partial charge in [0, 0.05) is 18.6 Å². The van der Waals surface area contributed by atoms with Crippen molar-refractivity contribution in [3.63, 3.8) is 0 Å². The van der Waals surface area contributed by atoms with Crippen molar-refractivity contribution in [2.45, 2.75) is 63.6 Å². The second-order valence-electron chi connectivity index (χ2n) is 5.98. The number of nitrogens with one attached hydrogen (secondary N) is 1. The summed E-state index contributed by atoms with van der Waals surface area (Å²) in [5, 5.41) is 12.6. The molecule has 1 unspecified atom stereocenters. The molecule has 3 nitrogen and oxygen atoms in total. The second-order valence-corrected chi connectivity index (χ2v) is 5.98. The molecule has 1 N–H and O–H groups in total. The lowest BCUT2D eigenvalue weighted by Crippen LogP contribution is -2.44. The van der Waals surface area contributed by atoms with E-state index in [2.05, 4.69) is 30.3 Å². The Labute approximate surface area is 105 Å². The Morgan fingerprint density at radius 2 is 1.88 bits per heavy atom. The fourth-order valence-corrected chi connectivity index (χ4v) is 2.79. The van der Waals surface area contributed by atoms with Crippen molar-refractivity contribution in [3.05, 3.63) is 0 Å². The molecule has 3 heteroatoms. The van der Waals surface area contributed by atoms with Crippen molar-refractivity contribution in [2.75, 3.05) is 13.6 Å². The first kappa shape index (κ1) is 12.9. The van der Waals surface area contributed by atoms with Gasteiger partial charge in [-0.15, -0.1) is 0 Å². The molecule has 2 aliphatic rings. The number of rotatable bonds is 5. The Kier molecular flexibility index (Phi) is 4.42. The van der Waals surface area contributed by atoms with E-state index in [1.54, 1.807) is 0 Å². The highest BCUT2D eigenvalue weighted by molar-refractivity contribution is 4.97. The van der Waals surface area contributed by atoms with Gasteiger partial charge >= 0.3 is 0 Å². The average Bonchev–Trinajstić information content (AvgIpc) is 3.13. The summed E-state index contributed by atoms with van der Waals surface area (Å²) in [6, 6.07) is 3.74. The molecule has 0 amide bonds. The number of hydrogen-bond acceptors (Lipinski definition) is 3. The predicted octanol–water partition coefficient (Wildman–Crippen LogP) is 2.14. The van der Waals surface area contributed by atoms with Gasteiger partial charge in [0.05, 0.1) is 6.07 Å². The normalized spacial score (nSPS) is 31.2. The Morgan fingerprint density at radius 1 is 1.24 bits per heavy atom. The van der Waals surface area contributed by atoms with E-state index >= 15 is 0 Å². The van der Waals surface area contributed by atoms with E-state index < -0.39 is 0 Å². The Balaban J connectivity index is 1.74. The predicted molar refractivity (Wildman–Crippen MR) is 69.6 cm³/mol. The minimum Gasteiger partial charge on any atom is -0.301 e. The van der Waals surface area contributed by atoms with E-state index in [0.717, 1.165) is 12.5 Å². The molecule has 0 aromatic rings. The molecule has 0 aliphatic heterocycles. The quantitative estimate of drug-likeness (QED) is 0.793. The molecule has 0 spiro atoms. The maximum atomic E-state index is 9.15. The maximum Gasteiger partial charge on any atom is 0.108 e. The van der Waals surface area contributed by atoms with Gasteiger partial charge in [-0.3, -0.25) is 5.32 Å². The molecule has 1 atom stereocenters. The second kappa shape index (κ2) is 5.84. The molecule has 2 fully saturated rings. The molecular formula is C14H25N3. The lowest BCUT2D eigenvalue weighted by Gasteiger charge is -2.34. The van der Waals surface area contributed by atoms with Crippen LogP contribution in [-0.4, -0.2) is 36.6 Å². The molecule has 2 aliphatic carbocycles. The topological polar surface area (TPSA) is 39.1 Å². The van der Waals surface area contributed by atoms with Gasteiger partial charge in [-0.2, -0.15) is 5.26 Å². The Bertz CT molecular complexity index is 272. The lowest BCUT2D eigenvalue weighted by atomic mass is 9.86. The van der Waals surface area contributed by atoms with Crippen LogP contribution < -0.4 is 5.32 Å². The fraction of sp³-hybridized carbons (Fsp3) is 0.929. The van der Waals surface area contributed by atoms with Crippen molar-refractivity contribution < 1.29 is 0 Å². The first-order valence-electron chi connectivity index (χ1n) is 7.05. The molecule has 0 aromatic heterocycles. The van der Waals surface area contributed by atoms with Gasteiger partial charge in [-0.25, -0.2) is 0 Å². The first-order valence-corrected chi connectivity index (χ1v) is 7.05. The van der Waals surface area contributed by atoms with Crippen molar-refractivity contribution in [2.24, 2.45) is 5.92 Å². The van der Waals surface area contributed by atoms with Crippen molar-refractivity contribution in [1.82, 2.24) is 10.2 Å². The summed E-state index contributed by atoms with van der Waals surface area (Å²) in [6.07, 6.45) is 7.81. The zero-order valence-electron chi connectivity index (χ0n) is 11.2. The Hall–Kier alpha value is -0.590. The van der Waals surface area contributed by atoms with Gasteiger partial charge in [0.2, 0.25) is 0 Å². The monoisotopic (exact) mass is 235 g/mol. The molecule has 2 saturated carbocycles. The van der Waals surface area contributed by atoms with Crippen LogP contribution >= 0.6 is 0 Å². The summed E-state index contributed by atoms with van der Waals surface area (Å²) >= 11 is 0. The maximum absolute atomic E-state index is 9.15. The van der Waals surface area contributed by atoms with Crippen molar-refractivity contribution >= 4 is 0 Å². The van der Waals surface area contributed by atoms with Crippen LogP contribution in [0.2, 0.25) is 0 Å². The third-order valence-corrected chi connectivity index (χ3v) is 4.25. The highest BCUT2D eigenvalue weighted by Crippen LogP contribution is 2.26. The van der Waals surface area contributed by atoms with Gasteiger partial charge in [0.15, 0.2) is 0 Å². The molecule has 2 rings (SSSR count). The van der Waals surface area contributed by atoms with Crippen LogP contribution in [0.4, 0.5) is 0 Å². The summed E-state index contributed by atoms with van der Waals surface area (Å²) in [6.45, 7) is 3.23. The summed E-state index contributed by atoms with van der Waals surface area (Å²) in [5.41, 5.74) is 0. The van der Waals surface area contributed by atoms with Crippen LogP contribution in [0.3, 0.4) is 0 Å². The third-order valence-electron chi connectivity index (χ3n) is 4.25. The minimum atomic E-state index is 0.0202. The van der Waals surface area contributed by atoms with E-state index in [1.165, 1.54) is 38.5 Å². The SMILES string of the molecule is CC1CCC(N(C)CC(C#N)NC2CC2)CC1. The third kappa shape index (κ3) is 3.97. The average molecular weight is 235 g/mol. The summed E-state index contributed by atoms with van der Waals surface area (Å²) in [7, 11) is 2.18. The van der Waals surface area contributed by atoms with Crippen LogP contribution in [0.1, 0.15) is 45.4 Å². The van der Waals surface area contributed by atoms with Gasteiger partial charge < -0.3 is 4.90 Å². The van der Waals surface area contributed by atoms with Crippen molar-refractivity contribution in [1.29, 1.82) is 5.26 Å². The molecule has 0 aromatic carbocycles. The standard InChI is InChI=1S/C14H25N3/c1-11-3-7-14(8-4-11)17(2)10-13(9-15)16-12-5-6-12/h11-14,16H,3-8,10H2,1-2H3. The smallest absolute Gasteiger partial charge is 0.108 e.